The molecule has 0 aliphatic carbocycles. The Bertz CT molecular complexity index is 1220. The molecule has 41 heavy (non-hydrogen) atoms. The number of nitrogens with one attached hydrogen (secondary N) is 1. The molecular weight excluding hydrogens is 530 g/mol. The number of hydrogen-bond acceptors (Lipinski definition) is 9. The van der Waals surface area contributed by atoms with E-state index in [1.165, 1.54) is 0 Å². The molecule has 1 N–H and O–H groups in total. The van der Waals surface area contributed by atoms with Gasteiger partial charge in [0, 0.05) is 0 Å². The number of carbonyl (C=O) groups excluding carboxylic acids is 4. The second kappa shape index (κ2) is 17.8. The largest absolute Gasteiger partial charge is 0.462 e. The number of esters is 3. The second-order valence-electron chi connectivity index (χ2n) is 8.86. The van der Waals surface area contributed by atoms with E-state index in [0.29, 0.717) is 0 Å². The molecule has 0 fully saturated rings. The first-order chi connectivity index (χ1) is 20.0. The highest BCUT2D eigenvalue weighted by molar-refractivity contribution is 5.78. The maximum Gasteiger partial charge on any atom is 0.408 e. The molecule has 0 aliphatic rings. The van der Waals surface area contributed by atoms with E-state index < -0.39 is 36.6 Å². The van der Waals surface area contributed by atoms with Crippen molar-refractivity contribution in [2.24, 2.45) is 0 Å². The van der Waals surface area contributed by atoms with E-state index in [0.717, 1.165) is 16.7 Å². The van der Waals surface area contributed by atoms with Crippen LogP contribution in [0.3, 0.4) is 0 Å². The van der Waals surface area contributed by atoms with Gasteiger partial charge in [-0.15, -0.1) is 0 Å². The average molecular weight is 564 g/mol. The number of rotatable bonds is 16. The smallest absolute Gasteiger partial charge is 0.408 e. The number of benzene rings is 3. The lowest BCUT2D eigenvalue weighted by molar-refractivity contribution is -0.153. The van der Waals surface area contributed by atoms with Gasteiger partial charge in [0.15, 0.2) is 6.10 Å². The summed E-state index contributed by atoms with van der Waals surface area (Å²) >= 11 is 0. The van der Waals surface area contributed by atoms with Crippen LogP contribution in [0.2, 0.25) is 0 Å². The third kappa shape index (κ3) is 13.3. The van der Waals surface area contributed by atoms with Crippen molar-refractivity contribution < 1.29 is 42.9 Å². The minimum absolute atomic E-state index is 0.0715. The van der Waals surface area contributed by atoms with E-state index in [-0.39, 0.29) is 45.9 Å². The van der Waals surface area contributed by atoms with Gasteiger partial charge in [-0.2, -0.15) is 0 Å². The molecule has 3 aromatic carbocycles. The summed E-state index contributed by atoms with van der Waals surface area (Å²) in [4.78, 5) is 48.5. The minimum Gasteiger partial charge on any atom is -0.462 e. The third-order valence-corrected chi connectivity index (χ3v) is 5.51. The normalized spacial score (nSPS) is 11.1. The molecule has 1 atom stereocenters. The number of amides is 1. The molecule has 0 aromatic heterocycles. The summed E-state index contributed by atoms with van der Waals surface area (Å²) in [6.07, 6.45) is -2.23. The summed E-state index contributed by atoms with van der Waals surface area (Å²) in [5.41, 5.74) is 2.55. The molecule has 0 saturated heterocycles. The zero-order valence-corrected chi connectivity index (χ0v) is 22.6. The number of ether oxygens (including phenoxy) is 5. The van der Waals surface area contributed by atoms with Gasteiger partial charge in [-0.3, -0.25) is 14.4 Å². The van der Waals surface area contributed by atoms with E-state index in [1.54, 1.807) is 0 Å². The van der Waals surface area contributed by atoms with Crippen molar-refractivity contribution in [3.63, 3.8) is 0 Å². The molecule has 0 spiro atoms. The zero-order chi connectivity index (χ0) is 29.1. The first kappa shape index (κ1) is 30.8. The summed E-state index contributed by atoms with van der Waals surface area (Å²) in [5.74, 6) is -1.85. The van der Waals surface area contributed by atoms with Gasteiger partial charge in [0.05, 0.1) is 26.1 Å². The Morgan fingerprint density at radius 1 is 0.561 bits per heavy atom. The highest BCUT2D eigenvalue weighted by atomic mass is 16.6. The van der Waals surface area contributed by atoms with Gasteiger partial charge in [0.1, 0.15) is 26.4 Å². The lowest BCUT2D eigenvalue weighted by Crippen LogP contribution is -2.37. The molecule has 3 aromatic rings. The Hall–Kier alpha value is -4.70. The Labute approximate surface area is 238 Å². The Balaban J connectivity index is 1.40. The number of alkyl carbamates (subject to hydrolysis) is 1. The molecule has 0 radical (unpaired) electrons. The highest BCUT2D eigenvalue weighted by Gasteiger charge is 2.19. The molecule has 0 heterocycles. The quantitative estimate of drug-likeness (QED) is 0.202. The third-order valence-electron chi connectivity index (χ3n) is 5.51. The summed E-state index contributed by atoms with van der Waals surface area (Å²) < 4.78 is 26.4. The predicted molar refractivity (Wildman–Crippen MR) is 147 cm³/mol. The molecule has 0 saturated carbocycles. The maximum atomic E-state index is 12.3. The fraction of sp³-hybridized carbons (Fsp3) is 0.290. The molecule has 1 amide bonds. The molecule has 0 aliphatic heterocycles. The van der Waals surface area contributed by atoms with Gasteiger partial charge in [0.2, 0.25) is 0 Å². The van der Waals surface area contributed by atoms with Gasteiger partial charge in [0.25, 0.3) is 0 Å². The van der Waals surface area contributed by atoms with E-state index in [9.17, 15) is 19.2 Å². The molecule has 216 valence electrons. The van der Waals surface area contributed by atoms with E-state index in [1.807, 2.05) is 91.0 Å². The van der Waals surface area contributed by atoms with E-state index >= 15 is 0 Å². The van der Waals surface area contributed by atoms with Crippen molar-refractivity contribution in [1.29, 1.82) is 0 Å². The lowest BCUT2D eigenvalue weighted by Gasteiger charge is -2.18. The second-order valence-corrected chi connectivity index (χ2v) is 8.86. The van der Waals surface area contributed by atoms with Crippen LogP contribution in [0.15, 0.2) is 91.0 Å². The molecule has 0 bridgehead atoms. The van der Waals surface area contributed by atoms with Crippen LogP contribution >= 0.6 is 0 Å². The van der Waals surface area contributed by atoms with Gasteiger partial charge in [-0.25, -0.2) is 4.79 Å². The average Bonchev–Trinajstić information content (AvgIpc) is 3.01. The molecule has 3 rings (SSSR count). The van der Waals surface area contributed by atoms with Crippen molar-refractivity contribution >= 4 is 24.0 Å². The monoisotopic (exact) mass is 563 g/mol. The summed E-state index contributed by atoms with van der Waals surface area (Å²) in [7, 11) is 0. The first-order valence-electron chi connectivity index (χ1n) is 13.1. The number of hydrogen-bond donors (Lipinski definition) is 1. The van der Waals surface area contributed by atoms with Crippen molar-refractivity contribution in [2.75, 3.05) is 19.8 Å². The Morgan fingerprint density at radius 2 is 1.02 bits per heavy atom. The van der Waals surface area contributed by atoms with Gasteiger partial charge >= 0.3 is 24.0 Å². The standard InChI is InChI=1S/C31H33NO9/c33-28(38-20-25-12-6-2-7-13-25)16-17-29(34)40-23-27(22-37-19-24-10-4-1-5-11-24)41-31(36)32-18-30(35)39-21-26-14-8-3-9-15-26/h1-15,27H,16-23H2,(H,32,36). The Kier molecular flexibility index (Phi) is 13.4. The van der Waals surface area contributed by atoms with Gasteiger partial charge in [-0.1, -0.05) is 91.0 Å². The lowest BCUT2D eigenvalue weighted by atomic mass is 10.2. The fourth-order valence-electron chi connectivity index (χ4n) is 3.40. The van der Waals surface area contributed by atoms with Crippen LogP contribution in [-0.4, -0.2) is 49.9 Å². The van der Waals surface area contributed by atoms with Crippen molar-refractivity contribution in [3.8, 4) is 0 Å². The van der Waals surface area contributed by atoms with Crippen LogP contribution in [0.1, 0.15) is 29.5 Å². The topological polar surface area (TPSA) is 126 Å². The van der Waals surface area contributed by atoms with Crippen LogP contribution in [0.5, 0.6) is 0 Å². The predicted octanol–water partition coefficient (Wildman–Crippen LogP) is 4.11. The summed E-state index contributed by atoms with van der Waals surface area (Å²) in [6, 6.07) is 27.6. The van der Waals surface area contributed by atoms with Gasteiger partial charge < -0.3 is 29.0 Å². The van der Waals surface area contributed by atoms with Crippen LogP contribution < -0.4 is 5.32 Å². The maximum absolute atomic E-state index is 12.3. The van der Waals surface area contributed by atoms with Crippen molar-refractivity contribution in [2.45, 2.75) is 38.8 Å². The van der Waals surface area contributed by atoms with Crippen molar-refractivity contribution in [3.05, 3.63) is 108 Å². The van der Waals surface area contributed by atoms with Crippen molar-refractivity contribution in [1.82, 2.24) is 5.32 Å². The molecular formula is C31H33NO9. The van der Waals surface area contributed by atoms with Crippen LogP contribution in [0.4, 0.5) is 4.79 Å². The molecule has 10 nitrogen and oxygen atoms in total. The Morgan fingerprint density at radius 3 is 1.56 bits per heavy atom. The fourth-order valence-corrected chi connectivity index (χ4v) is 3.40. The zero-order valence-electron chi connectivity index (χ0n) is 22.6. The van der Waals surface area contributed by atoms with E-state index in [4.69, 9.17) is 23.7 Å². The highest BCUT2D eigenvalue weighted by Crippen LogP contribution is 2.06. The summed E-state index contributed by atoms with van der Waals surface area (Å²) in [6.45, 7) is -0.365. The molecule has 1 unspecified atom stereocenters. The van der Waals surface area contributed by atoms with Gasteiger partial charge in [-0.05, 0) is 16.7 Å². The van der Waals surface area contributed by atoms with Crippen LogP contribution in [-0.2, 0) is 57.9 Å². The van der Waals surface area contributed by atoms with Crippen LogP contribution in [0, 0.1) is 0 Å². The van der Waals surface area contributed by atoms with Crippen LogP contribution in [0.25, 0.3) is 0 Å². The summed E-state index contributed by atoms with van der Waals surface area (Å²) in [5, 5.41) is 2.32. The minimum atomic E-state index is -0.965. The molecule has 10 heteroatoms. The first-order valence-corrected chi connectivity index (χ1v) is 13.1. The van der Waals surface area contributed by atoms with E-state index in [2.05, 4.69) is 5.32 Å². The SMILES string of the molecule is O=C(CCC(=O)OCC(COCc1ccccc1)OC(=O)NCC(=O)OCc1ccccc1)OCc1ccccc1. The number of carbonyl (C=O) groups is 4.